The minimum absolute atomic E-state index is 0.124. The molecule has 0 saturated carbocycles. The van der Waals surface area contributed by atoms with Crippen LogP contribution in [0.5, 0.6) is 5.75 Å². The maximum absolute atomic E-state index is 11.7. The number of likely N-dealkylation sites (tertiary alicyclic amines) is 1. The Morgan fingerprint density at radius 1 is 1.44 bits per heavy atom. The van der Waals surface area contributed by atoms with Gasteiger partial charge in [-0.15, -0.1) is 0 Å². The molecule has 0 radical (unpaired) electrons. The highest BCUT2D eigenvalue weighted by Crippen LogP contribution is 2.25. The lowest BCUT2D eigenvalue weighted by atomic mass is 10.2. The van der Waals surface area contributed by atoms with Gasteiger partial charge in [-0.05, 0) is 18.6 Å². The standard InChI is InChI=1S/C12H16N2O2/c1-14-8-7-10(12(14)15)13-9-5-3-4-6-11(9)16-2/h3-6,10,13H,7-8H2,1-2H3. The van der Waals surface area contributed by atoms with Gasteiger partial charge in [0.05, 0.1) is 12.8 Å². The second-order valence-corrected chi connectivity index (χ2v) is 3.95. The van der Waals surface area contributed by atoms with Gasteiger partial charge in [0.2, 0.25) is 5.91 Å². The van der Waals surface area contributed by atoms with E-state index in [1.807, 2.05) is 31.3 Å². The summed E-state index contributed by atoms with van der Waals surface area (Å²) in [6, 6.07) is 7.51. The average molecular weight is 220 g/mol. The van der Waals surface area contributed by atoms with Crippen LogP contribution in [0.1, 0.15) is 6.42 Å². The van der Waals surface area contributed by atoms with Gasteiger partial charge in [0.1, 0.15) is 11.8 Å². The zero-order chi connectivity index (χ0) is 11.5. The summed E-state index contributed by atoms with van der Waals surface area (Å²) in [6.45, 7) is 0.811. The lowest BCUT2D eigenvalue weighted by Gasteiger charge is -2.15. The number of amides is 1. The highest BCUT2D eigenvalue weighted by atomic mass is 16.5. The Labute approximate surface area is 95.2 Å². The summed E-state index contributed by atoms with van der Waals surface area (Å²) in [5, 5.41) is 3.22. The van der Waals surface area contributed by atoms with E-state index in [1.165, 1.54) is 0 Å². The van der Waals surface area contributed by atoms with Crippen LogP contribution in [0.4, 0.5) is 5.69 Å². The lowest BCUT2D eigenvalue weighted by Crippen LogP contribution is -2.31. The molecule has 1 heterocycles. The van der Waals surface area contributed by atoms with E-state index >= 15 is 0 Å². The summed E-state index contributed by atoms with van der Waals surface area (Å²) in [4.78, 5) is 13.5. The smallest absolute Gasteiger partial charge is 0.244 e. The SMILES string of the molecule is COc1ccccc1NC1CCN(C)C1=O. The molecular weight excluding hydrogens is 204 g/mol. The summed E-state index contributed by atoms with van der Waals surface area (Å²) in [7, 11) is 3.45. The van der Waals surface area contributed by atoms with E-state index in [4.69, 9.17) is 4.74 Å². The van der Waals surface area contributed by atoms with Crippen LogP contribution in [-0.4, -0.2) is 37.6 Å². The van der Waals surface area contributed by atoms with E-state index in [0.717, 1.165) is 24.4 Å². The molecule has 0 aliphatic carbocycles. The first-order valence-electron chi connectivity index (χ1n) is 5.37. The highest BCUT2D eigenvalue weighted by Gasteiger charge is 2.29. The zero-order valence-electron chi connectivity index (χ0n) is 9.56. The van der Waals surface area contributed by atoms with Gasteiger partial charge >= 0.3 is 0 Å². The number of anilines is 1. The van der Waals surface area contributed by atoms with Crippen molar-refractivity contribution in [2.75, 3.05) is 26.0 Å². The Morgan fingerprint density at radius 2 is 2.19 bits per heavy atom. The van der Waals surface area contributed by atoms with Gasteiger partial charge in [0.25, 0.3) is 0 Å². The Balaban J connectivity index is 2.12. The van der Waals surface area contributed by atoms with E-state index in [-0.39, 0.29) is 11.9 Å². The molecule has 1 amide bonds. The van der Waals surface area contributed by atoms with Crippen LogP contribution in [0.3, 0.4) is 0 Å². The molecule has 86 valence electrons. The number of nitrogens with zero attached hydrogens (tertiary/aromatic N) is 1. The quantitative estimate of drug-likeness (QED) is 0.835. The van der Waals surface area contributed by atoms with Crippen molar-refractivity contribution < 1.29 is 9.53 Å². The molecule has 1 unspecified atom stereocenters. The summed E-state index contributed by atoms with van der Waals surface area (Å²) < 4.78 is 5.23. The molecule has 0 bridgehead atoms. The van der Waals surface area contributed by atoms with Gasteiger partial charge in [-0.1, -0.05) is 12.1 Å². The van der Waals surface area contributed by atoms with E-state index < -0.39 is 0 Å². The number of methoxy groups -OCH3 is 1. The van der Waals surface area contributed by atoms with Crippen molar-refractivity contribution in [1.29, 1.82) is 0 Å². The minimum Gasteiger partial charge on any atom is -0.495 e. The van der Waals surface area contributed by atoms with Crippen LogP contribution in [0.25, 0.3) is 0 Å². The molecule has 16 heavy (non-hydrogen) atoms. The Hall–Kier alpha value is -1.71. The molecule has 1 saturated heterocycles. The van der Waals surface area contributed by atoms with Crippen LogP contribution in [0, 0.1) is 0 Å². The predicted octanol–water partition coefficient (Wildman–Crippen LogP) is 1.34. The van der Waals surface area contributed by atoms with Crippen LogP contribution < -0.4 is 10.1 Å². The van der Waals surface area contributed by atoms with Gasteiger partial charge in [-0.2, -0.15) is 0 Å². The number of ether oxygens (including phenoxy) is 1. The van der Waals surface area contributed by atoms with Crippen LogP contribution in [0.2, 0.25) is 0 Å². The predicted molar refractivity (Wildman–Crippen MR) is 62.7 cm³/mol. The number of carbonyl (C=O) groups is 1. The highest BCUT2D eigenvalue weighted by molar-refractivity contribution is 5.86. The third kappa shape index (κ3) is 1.96. The number of carbonyl (C=O) groups excluding carboxylic acids is 1. The van der Waals surface area contributed by atoms with E-state index in [9.17, 15) is 4.79 Å². The first-order chi connectivity index (χ1) is 7.72. The summed E-state index contributed by atoms with van der Waals surface area (Å²) in [6.07, 6.45) is 0.841. The van der Waals surface area contributed by atoms with Crippen molar-refractivity contribution in [2.24, 2.45) is 0 Å². The number of benzene rings is 1. The van der Waals surface area contributed by atoms with E-state index in [1.54, 1.807) is 12.0 Å². The molecule has 0 spiro atoms. The summed E-state index contributed by atoms with van der Waals surface area (Å²) in [5.74, 6) is 0.913. The van der Waals surface area contributed by atoms with E-state index in [0.29, 0.717) is 0 Å². The normalized spacial score (nSPS) is 20.0. The molecule has 1 aliphatic heterocycles. The maximum atomic E-state index is 11.7. The summed E-state index contributed by atoms with van der Waals surface area (Å²) >= 11 is 0. The number of nitrogens with one attached hydrogen (secondary N) is 1. The van der Waals surface area contributed by atoms with Gasteiger partial charge in [-0.25, -0.2) is 0 Å². The van der Waals surface area contributed by atoms with Crippen LogP contribution >= 0.6 is 0 Å². The fraction of sp³-hybridized carbons (Fsp3) is 0.417. The fourth-order valence-electron chi connectivity index (χ4n) is 1.91. The fourth-order valence-corrected chi connectivity index (χ4v) is 1.91. The Morgan fingerprint density at radius 3 is 2.81 bits per heavy atom. The average Bonchev–Trinajstić information content (AvgIpc) is 2.62. The molecule has 2 rings (SSSR count). The molecule has 1 aromatic carbocycles. The number of hydrogen-bond donors (Lipinski definition) is 1. The third-order valence-electron chi connectivity index (χ3n) is 2.86. The maximum Gasteiger partial charge on any atom is 0.244 e. The van der Waals surface area contributed by atoms with Crippen molar-refractivity contribution in [3.63, 3.8) is 0 Å². The molecule has 4 heteroatoms. The van der Waals surface area contributed by atoms with Crippen molar-refractivity contribution in [2.45, 2.75) is 12.5 Å². The lowest BCUT2D eigenvalue weighted by molar-refractivity contribution is -0.127. The first kappa shape index (κ1) is 10.8. The molecule has 1 fully saturated rings. The zero-order valence-corrected chi connectivity index (χ0v) is 9.56. The molecule has 0 aromatic heterocycles. The second-order valence-electron chi connectivity index (χ2n) is 3.95. The van der Waals surface area contributed by atoms with Gasteiger partial charge in [-0.3, -0.25) is 4.79 Å². The first-order valence-corrected chi connectivity index (χ1v) is 5.37. The van der Waals surface area contributed by atoms with E-state index in [2.05, 4.69) is 5.32 Å². The van der Waals surface area contributed by atoms with Crippen molar-refractivity contribution in [3.8, 4) is 5.75 Å². The van der Waals surface area contributed by atoms with Gasteiger partial charge < -0.3 is 15.0 Å². The molecule has 1 aromatic rings. The molecular formula is C12H16N2O2. The minimum atomic E-state index is -0.124. The summed E-state index contributed by atoms with van der Waals surface area (Å²) in [5.41, 5.74) is 0.874. The van der Waals surface area contributed by atoms with Crippen LogP contribution in [-0.2, 0) is 4.79 Å². The number of likely N-dealkylation sites (N-methyl/N-ethyl adjacent to an activating group) is 1. The Kier molecular flexibility index (Phi) is 2.99. The molecule has 1 N–H and O–H groups in total. The number of hydrogen-bond acceptors (Lipinski definition) is 3. The topological polar surface area (TPSA) is 41.6 Å². The van der Waals surface area contributed by atoms with Gasteiger partial charge in [0, 0.05) is 13.6 Å². The van der Waals surface area contributed by atoms with Crippen molar-refractivity contribution in [1.82, 2.24) is 4.90 Å². The Bertz CT molecular complexity index is 392. The number of rotatable bonds is 3. The van der Waals surface area contributed by atoms with Gasteiger partial charge in [0.15, 0.2) is 0 Å². The third-order valence-corrected chi connectivity index (χ3v) is 2.86. The second kappa shape index (κ2) is 4.43. The number of para-hydroxylation sites is 2. The van der Waals surface area contributed by atoms with Crippen LogP contribution in [0.15, 0.2) is 24.3 Å². The molecule has 1 aliphatic rings. The van der Waals surface area contributed by atoms with Crippen molar-refractivity contribution in [3.05, 3.63) is 24.3 Å². The monoisotopic (exact) mass is 220 g/mol. The largest absolute Gasteiger partial charge is 0.495 e. The van der Waals surface area contributed by atoms with Crippen molar-refractivity contribution >= 4 is 11.6 Å². The molecule has 1 atom stereocenters. The molecule has 4 nitrogen and oxygen atoms in total.